The van der Waals surface area contributed by atoms with E-state index in [9.17, 15) is 9.59 Å². The highest BCUT2D eigenvalue weighted by atomic mass is 16.5. The minimum Gasteiger partial charge on any atom is -0.491 e. The molecule has 0 heterocycles. The van der Waals surface area contributed by atoms with E-state index in [0.717, 1.165) is 11.3 Å². The van der Waals surface area contributed by atoms with Crippen LogP contribution in [0.3, 0.4) is 0 Å². The van der Waals surface area contributed by atoms with Crippen LogP contribution in [0.1, 0.15) is 30.7 Å². The zero-order valence-corrected chi connectivity index (χ0v) is 12.9. The lowest BCUT2D eigenvalue weighted by atomic mass is 9.82. The van der Waals surface area contributed by atoms with Crippen molar-refractivity contribution >= 4 is 11.6 Å². The Morgan fingerprint density at radius 1 is 1.05 bits per heavy atom. The third-order valence-electron chi connectivity index (χ3n) is 3.60. The second-order valence-corrected chi connectivity index (χ2v) is 5.39. The number of benzene rings is 1. The molecule has 1 aliphatic rings. The first kappa shape index (κ1) is 16.6. The quantitative estimate of drug-likeness (QED) is 0.544. The van der Waals surface area contributed by atoms with Gasteiger partial charge in [-0.3, -0.25) is 9.59 Å². The minimum absolute atomic E-state index is 0.0183. The number of carbonyl (C=O) groups excluding carboxylic acids is 2. The molecule has 0 saturated heterocycles. The van der Waals surface area contributed by atoms with Gasteiger partial charge in [0.25, 0.3) is 0 Å². The normalized spacial score (nSPS) is 16.0. The number of hydrogen-bond donors (Lipinski definition) is 0. The molecule has 0 bridgehead atoms. The molecular formula is C17H22O5. The van der Waals surface area contributed by atoms with Gasteiger partial charge >= 0.3 is 0 Å². The van der Waals surface area contributed by atoms with Crippen molar-refractivity contribution in [2.75, 3.05) is 33.5 Å². The maximum absolute atomic E-state index is 11.6. The first-order valence-corrected chi connectivity index (χ1v) is 7.52. The summed E-state index contributed by atoms with van der Waals surface area (Å²) in [7, 11) is 1.63. The largest absolute Gasteiger partial charge is 0.491 e. The van der Waals surface area contributed by atoms with E-state index >= 15 is 0 Å². The maximum Gasteiger partial charge on any atom is 0.140 e. The van der Waals surface area contributed by atoms with Gasteiger partial charge in [-0.05, 0) is 23.6 Å². The summed E-state index contributed by atoms with van der Waals surface area (Å²) in [5.74, 6) is 0.770. The summed E-state index contributed by atoms with van der Waals surface area (Å²) in [5, 5.41) is 0. The molecule has 5 heteroatoms. The molecule has 120 valence electrons. The molecule has 5 nitrogen and oxygen atoms in total. The standard InChI is InChI=1S/C17H22O5/c1-20-5-6-21-7-8-22-17-4-2-3-13(11-17)14-9-15(18)12-16(19)10-14/h2-4,11,14H,5-10,12H2,1H3. The van der Waals surface area contributed by atoms with Crippen molar-refractivity contribution in [2.45, 2.75) is 25.2 Å². The molecule has 0 spiro atoms. The zero-order valence-electron chi connectivity index (χ0n) is 12.9. The number of methoxy groups -OCH3 is 1. The number of ether oxygens (including phenoxy) is 3. The molecule has 1 aromatic rings. The van der Waals surface area contributed by atoms with Gasteiger partial charge in [-0.25, -0.2) is 0 Å². The van der Waals surface area contributed by atoms with E-state index in [0.29, 0.717) is 39.3 Å². The molecule has 0 radical (unpaired) electrons. The van der Waals surface area contributed by atoms with Crippen molar-refractivity contribution in [3.8, 4) is 5.75 Å². The topological polar surface area (TPSA) is 61.8 Å². The molecule has 2 rings (SSSR count). The first-order chi connectivity index (χ1) is 10.7. The second-order valence-electron chi connectivity index (χ2n) is 5.39. The van der Waals surface area contributed by atoms with Gasteiger partial charge in [0, 0.05) is 20.0 Å². The van der Waals surface area contributed by atoms with Gasteiger partial charge in [0.15, 0.2) is 0 Å². The van der Waals surface area contributed by atoms with Crippen LogP contribution in [0.25, 0.3) is 0 Å². The van der Waals surface area contributed by atoms with Gasteiger partial charge in [0.05, 0.1) is 26.2 Å². The fraction of sp³-hybridized carbons (Fsp3) is 0.529. The van der Waals surface area contributed by atoms with Gasteiger partial charge in [-0.1, -0.05) is 12.1 Å². The monoisotopic (exact) mass is 306 g/mol. The van der Waals surface area contributed by atoms with Crippen LogP contribution in [0.5, 0.6) is 5.75 Å². The number of hydrogen-bond acceptors (Lipinski definition) is 5. The maximum atomic E-state index is 11.6. The number of carbonyl (C=O) groups is 2. The van der Waals surface area contributed by atoms with Crippen molar-refractivity contribution in [2.24, 2.45) is 0 Å². The van der Waals surface area contributed by atoms with Gasteiger partial charge in [-0.2, -0.15) is 0 Å². The summed E-state index contributed by atoms with van der Waals surface area (Å²) in [4.78, 5) is 23.1. The first-order valence-electron chi connectivity index (χ1n) is 7.52. The Labute approximate surface area is 130 Å². The van der Waals surface area contributed by atoms with Crippen molar-refractivity contribution in [3.63, 3.8) is 0 Å². The molecule has 22 heavy (non-hydrogen) atoms. The Kier molecular flexibility index (Phi) is 6.55. The molecule has 1 aliphatic carbocycles. The van der Waals surface area contributed by atoms with Gasteiger partial charge in [0.1, 0.15) is 23.9 Å². The molecule has 1 saturated carbocycles. The van der Waals surface area contributed by atoms with E-state index in [1.54, 1.807) is 7.11 Å². The second kappa shape index (κ2) is 8.66. The molecule has 0 amide bonds. The fourth-order valence-electron chi connectivity index (χ4n) is 2.54. The third-order valence-corrected chi connectivity index (χ3v) is 3.60. The van der Waals surface area contributed by atoms with E-state index < -0.39 is 0 Å². The van der Waals surface area contributed by atoms with Crippen LogP contribution in [0.15, 0.2) is 24.3 Å². The summed E-state index contributed by atoms with van der Waals surface area (Å²) in [6.07, 6.45) is 0.968. The van der Waals surface area contributed by atoms with Crippen LogP contribution >= 0.6 is 0 Å². The van der Waals surface area contributed by atoms with Crippen LogP contribution in [0, 0.1) is 0 Å². The van der Waals surface area contributed by atoms with Gasteiger partial charge in [-0.15, -0.1) is 0 Å². The summed E-state index contributed by atoms with van der Waals surface area (Å²) in [5.41, 5.74) is 0.985. The smallest absolute Gasteiger partial charge is 0.140 e. The highest BCUT2D eigenvalue weighted by Gasteiger charge is 2.26. The average molecular weight is 306 g/mol. The minimum atomic E-state index is -0.0183. The molecular weight excluding hydrogens is 284 g/mol. The lowest BCUT2D eigenvalue weighted by Crippen LogP contribution is -2.21. The Morgan fingerprint density at radius 3 is 2.50 bits per heavy atom. The summed E-state index contributed by atoms with van der Waals surface area (Å²) >= 11 is 0. The molecule has 0 atom stereocenters. The van der Waals surface area contributed by atoms with Crippen LogP contribution < -0.4 is 4.74 Å². The van der Waals surface area contributed by atoms with E-state index in [-0.39, 0.29) is 23.9 Å². The third kappa shape index (κ3) is 5.24. The number of rotatable bonds is 8. The van der Waals surface area contributed by atoms with Crippen molar-refractivity contribution in [1.29, 1.82) is 0 Å². The Morgan fingerprint density at radius 2 is 1.77 bits per heavy atom. The lowest BCUT2D eigenvalue weighted by Gasteiger charge is -2.20. The fourth-order valence-corrected chi connectivity index (χ4v) is 2.54. The van der Waals surface area contributed by atoms with Crippen molar-refractivity contribution in [3.05, 3.63) is 29.8 Å². The van der Waals surface area contributed by atoms with Crippen molar-refractivity contribution < 1.29 is 23.8 Å². The van der Waals surface area contributed by atoms with Crippen LogP contribution in [-0.2, 0) is 19.1 Å². The predicted octanol–water partition coefficient (Wildman–Crippen LogP) is 2.13. The van der Waals surface area contributed by atoms with Gasteiger partial charge in [0.2, 0.25) is 0 Å². The van der Waals surface area contributed by atoms with Crippen molar-refractivity contribution in [1.82, 2.24) is 0 Å². The van der Waals surface area contributed by atoms with Crippen LogP contribution in [0.4, 0.5) is 0 Å². The number of ketones is 2. The SMILES string of the molecule is COCCOCCOc1cccc(C2CC(=O)CC(=O)C2)c1. The van der Waals surface area contributed by atoms with E-state index in [2.05, 4.69) is 0 Å². The predicted molar refractivity (Wildman–Crippen MR) is 81.2 cm³/mol. The highest BCUT2D eigenvalue weighted by Crippen LogP contribution is 2.31. The Bertz CT molecular complexity index is 496. The summed E-state index contributed by atoms with van der Waals surface area (Å²) < 4.78 is 15.9. The van der Waals surface area contributed by atoms with Crippen LogP contribution in [0.2, 0.25) is 0 Å². The van der Waals surface area contributed by atoms with Gasteiger partial charge < -0.3 is 14.2 Å². The van der Waals surface area contributed by atoms with E-state index in [1.165, 1.54) is 0 Å². The molecule has 0 unspecified atom stereocenters. The number of Topliss-reactive ketones (excluding diaryl/α,β-unsaturated/α-hetero) is 2. The van der Waals surface area contributed by atoms with E-state index in [4.69, 9.17) is 14.2 Å². The highest BCUT2D eigenvalue weighted by molar-refractivity contribution is 6.02. The molecule has 0 aromatic heterocycles. The lowest BCUT2D eigenvalue weighted by molar-refractivity contribution is -0.130. The average Bonchev–Trinajstić information content (AvgIpc) is 2.50. The summed E-state index contributed by atoms with van der Waals surface area (Å²) in [6.45, 7) is 2.06. The van der Waals surface area contributed by atoms with E-state index in [1.807, 2.05) is 24.3 Å². The summed E-state index contributed by atoms with van der Waals surface area (Å²) in [6, 6.07) is 7.61. The Hall–Kier alpha value is -1.72. The molecule has 0 N–H and O–H groups in total. The molecule has 1 fully saturated rings. The molecule has 0 aliphatic heterocycles. The molecule has 1 aromatic carbocycles. The van der Waals surface area contributed by atoms with Crippen LogP contribution in [-0.4, -0.2) is 45.1 Å². The zero-order chi connectivity index (χ0) is 15.8. The Balaban J connectivity index is 1.84.